The summed E-state index contributed by atoms with van der Waals surface area (Å²) in [7, 11) is 1.85. The number of benzene rings is 2. The molecule has 8 nitrogen and oxygen atoms in total. The molecular formula is C18H17N5O3S. The highest BCUT2D eigenvalue weighted by molar-refractivity contribution is 7.98. The number of hydrogen-bond acceptors (Lipinski definition) is 6. The molecule has 0 saturated carbocycles. The maximum absolute atomic E-state index is 11.3. The van der Waals surface area contributed by atoms with Crippen LogP contribution in [0.3, 0.4) is 0 Å². The van der Waals surface area contributed by atoms with E-state index < -0.39 is 10.8 Å². The molecule has 2 N–H and O–H groups in total. The standard InChI is InChI=1S/C18H17N5O3S/c1-11-4-3-5-13(8-11)17-20-21-18(22(17)2)27-10-14-7-6-12(16(19)24)9-15(14)23(25)26/h3-9H,10H2,1-2H3,(H2,19,24). The van der Waals surface area contributed by atoms with E-state index >= 15 is 0 Å². The van der Waals surface area contributed by atoms with E-state index in [0.717, 1.165) is 17.0 Å². The Kier molecular flexibility index (Phi) is 5.22. The minimum atomic E-state index is -0.701. The van der Waals surface area contributed by atoms with Crippen molar-refractivity contribution in [2.75, 3.05) is 0 Å². The molecule has 1 aromatic heterocycles. The molecule has 0 unspecified atom stereocenters. The summed E-state index contributed by atoms with van der Waals surface area (Å²) in [5, 5.41) is 20.4. The first kappa shape index (κ1) is 18.6. The molecule has 0 fully saturated rings. The molecule has 0 atom stereocenters. The zero-order valence-electron chi connectivity index (χ0n) is 14.7. The number of nitro benzene ring substituents is 1. The van der Waals surface area contributed by atoms with E-state index in [2.05, 4.69) is 10.2 Å². The number of aryl methyl sites for hydroxylation is 1. The van der Waals surface area contributed by atoms with Crippen molar-refractivity contribution in [1.82, 2.24) is 14.8 Å². The second-order valence-corrected chi connectivity index (χ2v) is 6.93. The van der Waals surface area contributed by atoms with Crippen molar-refractivity contribution in [2.24, 2.45) is 12.8 Å². The van der Waals surface area contributed by atoms with Crippen LogP contribution in [0.4, 0.5) is 5.69 Å². The molecular weight excluding hydrogens is 366 g/mol. The largest absolute Gasteiger partial charge is 0.366 e. The Bertz CT molecular complexity index is 1030. The van der Waals surface area contributed by atoms with Gasteiger partial charge in [0.15, 0.2) is 11.0 Å². The van der Waals surface area contributed by atoms with Crippen LogP contribution in [-0.4, -0.2) is 25.6 Å². The van der Waals surface area contributed by atoms with E-state index in [4.69, 9.17) is 5.73 Å². The lowest BCUT2D eigenvalue weighted by atomic mass is 10.1. The van der Waals surface area contributed by atoms with Gasteiger partial charge in [0.2, 0.25) is 5.91 Å². The monoisotopic (exact) mass is 383 g/mol. The smallest absolute Gasteiger partial charge is 0.274 e. The van der Waals surface area contributed by atoms with Crippen LogP contribution in [0.25, 0.3) is 11.4 Å². The minimum absolute atomic E-state index is 0.107. The van der Waals surface area contributed by atoms with Crippen LogP contribution in [-0.2, 0) is 12.8 Å². The first-order chi connectivity index (χ1) is 12.9. The van der Waals surface area contributed by atoms with Crippen LogP contribution in [0, 0.1) is 17.0 Å². The van der Waals surface area contributed by atoms with Gasteiger partial charge in [-0.05, 0) is 19.1 Å². The van der Waals surface area contributed by atoms with Gasteiger partial charge in [-0.1, -0.05) is 41.6 Å². The number of rotatable bonds is 6. The lowest BCUT2D eigenvalue weighted by Gasteiger charge is -2.06. The van der Waals surface area contributed by atoms with Crippen molar-refractivity contribution in [2.45, 2.75) is 17.8 Å². The second kappa shape index (κ2) is 7.58. The van der Waals surface area contributed by atoms with Crippen molar-refractivity contribution < 1.29 is 9.72 Å². The van der Waals surface area contributed by atoms with Crippen molar-refractivity contribution in [1.29, 1.82) is 0 Å². The van der Waals surface area contributed by atoms with Gasteiger partial charge in [-0.2, -0.15) is 0 Å². The molecule has 0 radical (unpaired) electrons. The second-order valence-electron chi connectivity index (χ2n) is 5.99. The number of nitrogens with two attached hydrogens (primary N) is 1. The Balaban J connectivity index is 1.84. The minimum Gasteiger partial charge on any atom is -0.366 e. The number of amides is 1. The summed E-state index contributed by atoms with van der Waals surface area (Å²) in [5.74, 6) is 0.336. The normalized spacial score (nSPS) is 10.7. The molecule has 27 heavy (non-hydrogen) atoms. The molecule has 0 aliphatic carbocycles. The topological polar surface area (TPSA) is 117 Å². The first-order valence-corrected chi connectivity index (χ1v) is 9.01. The van der Waals surface area contributed by atoms with Crippen molar-refractivity contribution in [3.05, 3.63) is 69.3 Å². The number of carbonyl (C=O) groups excluding carboxylic acids is 1. The fourth-order valence-corrected chi connectivity index (χ4v) is 3.53. The summed E-state index contributed by atoms with van der Waals surface area (Å²) in [5.41, 5.74) is 7.72. The van der Waals surface area contributed by atoms with Crippen LogP contribution >= 0.6 is 11.8 Å². The third-order valence-electron chi connectivity index (χ3n) is 4.03. The maximum atomic E-state index is 11.3. The summed E-state index contributed by atoms with van der Waals surface area (Å²) in [6.07, 6.45) is 0. The molecule has 1 amide bonds. The Hall–Kier alpha value is -3.20. The van der Waals surface area contributed by atoms with E-state index in [-0.39, 0.29) is 11.3 Å². The number of thioether (sulfide) groups is 1. The number of carbonyl (C=O) groups is 1. The fraction of sp³-hybridized carbons (Fsp3) is 0.167. The van der Waals surface area contributed by atoms with Gasteiger partial charge in [0.1, 0.15) is 0 Å². The van der Waals surface area contributed by atoms with Crippen LogP contribution in [0.5, 0.6) is 0 Å². The molecule has 138 valence electrons. The SMILES string of the molecule is Cc1cccc(-c2nnc(SCc3ccc(C(N)=O)cc3[N+](=O)[O-])n2C)c1. The van der Waals surface area contributed by atoms with Crippen molar-refractivity contribution in [3.63, 3.8) is 0 Å². The van der Waals surface area contributed by atoms with E-state index in [0.29, 0.717) is 16.5 Å². The third kappa shape index (κ3) is 3.98. The molecule has 0 aliphatic rings. The van der Waals surface area contributed by atoms with E-state index in [1.165, 1.54) is 23.9 Å². The third-order valence-corrected chi connectivity index (χ3v) is 5.10. The van der Waals surface area contributed by atoms with Crippen LogP contribution in [0.2, 0.25) is 0 Å². The van der Waals surface area contributed by atoms with Crippen LogP contribution < -0.4 is 5.73 Å². The lowest BCUT2D eigenvalue weighted by molar-refractivity contribution is -0.385. The van der Waals surface area contributed by atoms with E-state index in [1.54, 1.807) is 6.07 Å². The van der Waals surface area contributed by atoms with Gasteiger partial charge in [-0.25, -0.2) is 0 Å². The summed E-state index contributed by atoms with van der Waals surface area (Å²) in [6.45, 7) is 2.00. The molecule has 9 heteroatoms. The summed E-state index contributed by atoms with van der Waals surface area (Å²) >= 11 is 1.33. The Labute approximate surface area is 159 Å². The van der Waals surface area contributed by atoms with Gasteiger partial charge >= 0.3 is 0 Å². The van der Waals surface area contributed by atoms with E-state index in [9.17, 15) is 14.9 Å². The zero-order valence-corrected chi connectivity index (χ0v) is 15.6. The van der Waals surface area contributed by atoms with Crippen LogP contribution in [0.15, 0.2) is 47.6 Å². The lowest BCUT2D eigenvalue weighted by Crippen LogP contribution is -2.11. The quantitative estimate of drug-likeness (QED) is 0.397. The van der Waals surface area contributed by atoms with Crippen molar-refractivity contribution >= 4 is 23.4 Å². The molecule has 3 aromatic rings. The van der Waals surface area contributed by atoms with Crippen LogP contribution in [0.1, 0.15) is 21.5 Å². The predicted molar refractivity (Wildman–Crippen MR) is 102 cm³/mol. The Morgan fingerprint density at radius 3 is 2.70 bits per heavy atom. The molecule has 0 saturated heterocycles. The highest BCUT2D eigenvalue weighted by Crippen LogP contribution is 2.29. The summed E-state index contributed by atoms with van der Waals surface area (Å²) in [4.78, 5) is 22.0. The molecule has 2 aromatic carbocycles. The fourth-order valence-electron chi connectivity index (χ4n) is 2.63. The van der Waals surface area contributed by atoms with Gasteiger partial charge in [0, 0.05) is 35.6 Å². The number of hydrogen-bond donors (Lipinski definition) is 1. The average Bonchev–Trinajstić information content (AvgIpc) is 3.00. The van der Waals surface area contributed by atoms with Gasteiger partial charge < -0.3 is 10.3 Å². The summed E-state index contributed by atoms with van der Waals surface area (Å²) < 4.78 is 1.85. The molecule has 0 bridgehead atoms. The molecule has 3 rings (SSSR count). The number of nitro groups is 1. The highest BCUT2D eigenvalue weighted by Gasteiger charge is 2.18. The first-order valence-electron chi connectivity index (χ1n) is 8.03. The Morgan fingerprint density at radius 2 is 2.04 bits per heavy atom. The average molecular weight is 383 g/mol. The zero-order chi connectivity index (χ0) is 19.6. The number of aromatic nitrogens is 3. The van der Waals surface area contributed by atoms with E-state index in [1.807, 2.05) is 42.8 Å². The molecule has 0 aliphatic heterocycles. The van der Waals surface area contributed by atoms with Gasteiger partial charge in [0.25, 0.3) is 5.69 Å². The predicted octanol–water partition coefficient (Wildman–Crippen LogP) is 3.09. The van der Waals surface area contributed by atoms with Gasteiger partial charge in [-0.3, -0.25) is 14.9 Å². The number of nitrogens with zero attached hydrogens (tertiary/aromatic N) is 4. The van der Waals surface area contributed by atoms with Gasteiger partial charge in [-0.15, -0.1) is 10.2 Å². The van der Waals surface area contributed by atoms with Crippen molar-refractivity contribution in [3.8, 4) is 11.4 Å². The molecule has 0 spiro atoms. The Morgan fingerprint density at radius 1 is 1.26 bits per heavy atom. The number of primary amides is 1. The molecule has 1 heterocycles. The maximum Gasteiger partial charge on any atom is 0.274 e. The van der Waals surface area contributed by atoms with Gasteiger partial charge in [0.05, 0.1) is 4.92 Å². The summed E-state index contributed by atoms with van der Waals surface area (Å²) in [6, 6.07) is 12.2. The highest BCUT2D eigenvalue weighted by atomic mass is 32.2.